The highest BCUT2D eigenvalue weighted by molar-refractivity contribution is 7.99. The van der Waals surface area contributed by atoms with Gasteiger partial charge in [-0.25, -0.2) is 14.8 Å². The molecule has 0 aliphatic heterocycles. The van der Waals surface area contributed by atoms with Crippen LogP contribution in [0, 0.1) is 12.3 Å². The quantitative estimate of drug-likeness (QED) is 0.462. The third-order valence-corrected chi connectivity index (χ3v) is 3.80. The third-order valence-electron chi connectivity index (χ3n) is 2.92. The fourth-order valence-electron chi connectivity index (χ4n) is 1.84. The Morgan fingerprint density at radius 3 is 2.55 bits per heavy atom. The molecule has 0 atom stereocenters. The van der Waals surface area contributed by atoms with Crippen LogP contribution in [0.15, 0.2) is 14.6 Å². The van der Waals surface area contributed by atoms with Crippen LogP contribution in [0.2, 0.25) is 0 Å². The third kappa shape index (κ3) is 2.23. The lowest BCUT2D eigenvalue weighted by molar-refractivity contribution is 0.698. The van der Waals surface area contributed by atoms with Crippen molar-refractivity contribution in [1.82, 2.24) is 19.1 Å². The fourth-order valence-corrected chi connectivity index (χ4v) is 2.56. The topological polar surface area (TPSA) is 69.8 Å². The maximum atomic E-state index is 12.3. The van der Waals surface area contributed by atoms with Crippen molar-refractivity contribution < 1.29 is 0 Å². The van der Waals surface area contributed by atoms with E-state index < -0.39 is 11.2 Å². The average Bonchev–Trinajstić information content (AvgIpc) is 2.47. The summed E-state index contributed by atoms with van der Waals surface area (Å²) in [7, 11) is 3.03. The molecule has 2 aromatic rings. The molecule has 7 heteroatoms. The molecule has 2 heterocycles. The van der Waals surface area contributed by atoms with E-state index in [9.17, 15) is 9.59 Å². The van der Waals surface area contributed by atoms with Crippen LogP contribution in [0.1, 0.15) is 12.7 Å². The SMILES string of the molecule is C#CCSc1nc(CC)nc2c1c(=O)n(C)c(=O)n2C. The van der Waals surface area contributed by atoms with Gasteiger partial charge in [0.25, 0.3) is 5.56 Å². The van der Waals surface area contributed by atoms with Crippen LogP contribution in [0.3, 0.4) is 0 Å². The van der Waals surface area contributed by atoms with Gasteiger partial charge < -0.3 is 0 Å². The number of nitrogens with zero attached hydrogens (tertiary/aromatic N) is 4. The number of aromatic nitrogens is 4. The van der Waals surface area contributed by atoms with Crippen molar-refractivity contribution in [2.75, 3.05) is 5.75 Å². The molecule has 0 unspecified atom stereocenters. The number of rotatable bonds is 3. The van der Waals surface area contributed by atoms with Crippen LogP contribution >= 0.6 is 11.8 Å². The first-order valence-corrected chi connectivity index (χ1v) is 7.02. The number of thioether (sulfide) groups is 1. The van der Waals surface area contributed by atoms with E-state index in [1.165, 1.54) is 23.4 Å². The van der Waals surface area contributed by atoms with Gasteiger partial charge in [-0.15, -0.1) is 6.42 Å². The van der Waals surface area contributed by atoms with E-state index in [4.69, 9.17) is 6.42 Å². The Balaban J connectivity index is 2.94. The summed E-state index contributed by atoms with van der Waals surface area (Å²) in [6.45, 7) is 1.91. The van der Waals surface area contributed by atoms with Crippen LogP contribution in [0.4, 0.5) is 0 Å². The van der Waals surface area contributed by atoms with Gasteiger partial charge in [-0.2, -0.15) is 0 Å². The van der Waals surface area contributed by atoms with Crippen molar-refractivity contribution in [2.24, 2.45) is 14.1 Å². The summed E-state index contributed by atoms with van der Waals surface area (Å²) in [6.07, 6.45) is 5.87. The molecule has 20 heavy (non-hydrogen) atoms. The number of aryl methyl sites for hydroxylation is 2. The van der Waals surface area contributed by atoms with Crippen LogP contribution in [0.5, 0.6) is 0 Å². The first kappa shape index (κ1) is 14.3. The molecule has 2 aromatic heterocycles. The molecule has 0 amide bonds. The molecule has 0 bridgehead atoms. The molecule has 0 fully saturated rings. The molecule has 104 valence electrons. The summed E-state index contributed by atoms with van der Waals surface area (Å²) in [6, 6.07) is 0. The number of fused-ring (bicyclic) bond motifs is 1. The average molecular weight is 290 g/mol. The van der Waals surface area contributed by atoms with Crippen LogP contribution in [-0.2, 0) is 20.5 Å². The zero-order valence-corrected chi connectivity index (χ0v) is 12.3. The number of terminal acetylenes is 1. The normalized spacial score (nSPS) is 10.7. The Labute approximate surface area is 119 Å². The summed E-state index contributed by atoms with van der Waals surface area (Å²) in [5, 5.41) is 0.869. The minimum Gasteiger partial charge on any atom is -0.280 e. The molecule has 0 radical (unpaired) electrons. The van der Waals surface area contributed by atoms with E-state index in [-0.39, 0.29) is 0 Å². The molecule has 0 spiro atoms. The lowest BCUT2D eigenvalue weighted by atomic mass is 10.3. The van der Waals surface area contributed by atoms with E-state index in [0.29, 0.717) is 34.1 Å². The van der Waals surface area contributed by atoms with Crippen molar-refractivity contribution >= 4 is 22.8 Å². The molecule has 6 nitrogen and oxygen atoms in total. The maximum absolute atomic E-state index is 12.3. The largest absolute Gasteiger partial charge is 0.332 e. The maximum Gasteiger partial charge on any atom is 0.332 e. The van der Waals surface area contributed by atoms with Gasteiger partial charge in [0.2, 0.25) is 0 Å². The number of hydrogen-bond donors (Lipinski definition) is 0. The van der Waals surface area contributed by atoms with Gasteiger partial charge in [0, 0.05) is 20.5 Å². The fraction of sp³-hybridized carbons (Fsp3) is 0.385. The Hall–Kier alpha value is -2.07. The summed E-state index contributed by atoms with van der Waals surface area (Å²) in [5.74, 6) is 3.49. The molecular formula is C13H14N4O2S. The van der Waals surface area contributed by atoms with Crippen molar-refractivity contribution in [1.29, 1.82) is 0 Å². The monoisotopic (exact) mass is 290 g/mol. The van der Waals surface area contributed by atoms with Crippen molar-refractivity contribution in [3.8, 4) is 12.3 Å². The van der Waals surface area contributed by atoms with Crippen molar-refractivity contribution in [3.05, 3.63) is 26.7 Å². The second-order valence-corrected chi connectivity index (χ2v) is 5.16. The summed E-state index contributed by atoms with van der Waals surface area (Å²) < 4.78 is 2.41. The van der Waals surface area contributed by atoms with Gasteiger partial charge in [0.15, 0.2) is 5.65 Å². The summed E-state index contributed by atoms with van der Waals surface area (Å²) in [4.78, 5) is 32.9. The number of hydrogen-bond acceptors (Lipinski definition) is 5. The molecular weight excluding hydrogens is 276 g/mol. The highest BCUT2D eigenvalue weighted by Gasteiger charge is 2.16. The Bertz CT molecular complexity index is 829. The Morgan fingerprint density at radius 1 is 1.25 bits per heavy atom. The van der Waals surface area contributed by atoms with Crippen LogP contribution in [0.25, 0.3) is 11.0 Å². The van der Waals surface area contributed by atoms with E-state index in [1.807, 2.05) is 6.92 Å². The van der Waals surface area contributed by atoms with E-state index in [0.717, 1.165) is 4.57 Å². The molecule has 0 aromatic carbocycles. The van der Waals surface area contributed by atoms with Gasteiger partial charge in [-0.1, -0.05) is 24.6 Å². The van der Waals surface area contributed by atoms with Gasteiger partial charge in [-0.3, -0.25) is 13.9 Å². The zero-order chi connectivity index (χ0) is 14.9. The lowest BCUT2D eigenvalue weighted by Gasteiger charge is -2.10. The molecule has 2 rings (SSSR count). The van der Waals surface area contributed by atoms with Gasteiger partial charge in [0.1, 0.15) is 16.2 Å². The summed E-state index contributed by atoms with van der Waals surface area (Å²) in [5.41, 5.74) is -0.453. The molecule has 0 saturated carbocycles. The second kappa shape index (κ2) is 5.51. The molecule has 0 aliphatic carbocycles. The van der Waals surface area contributed by atoms with Gasteiger partial charge in [0.05, 0.1) is 5.75 Å². The van der Waals surface area contributed by atoms with Crippen LogP contribution in [-0.4, -0.2) is 24.9 Å². The van der Waals surface area contributed by atoms with Gasteiger partial charge >= 0.3 is 5.69 Å². The van der Waals surface area contributed by atoms with E-state index in [1.54, 1.807) is 7.05 Å². The Morgan fingerprint density at radius 2 is 1.95 bits per heavy atom. The minimum atomic E-state index is -0.406. The van der Waals surface area contributed by atoms with Crippen LogP contribution < -0.4 is 11.2 Å². The summed E-state index contributed by atoms with van der Waals surface area (Å²) >= 11 is 1.30. The van der Waals surface area contributed by atoms with Crippen molar-refractivity contribution in [3.63, 3.8) is 0 Å². The lowest BCUT2D eigenvalue weighted by Crippen LogP contribution is -2.37. The predicted octanol–water partition coefficient (Wildman–Crippen LogP) is 0.315. The molecule has 0 saturated heterocycles. The predicted molar refractivity (Wildman–Crippen MR) is 79.0 cm³/mol. The van der Waals surface area contributed by atoms with Crippen molar-refractivity contribution in [2.45, 2.75) is 18.4 Å². The Kier molecular flexibility index (Phi) is 3.95. The highest BCUT2D eigenvalue weighted by Crippen LogP contribution is 2.21. The zero-order valence-electron chi connectivity index (χ0n) is 11.5. The standard InChI is InChI=1S/C13H14N4O2S/c1-5-7-20-11-9-10(14-8(6-2)15-11)16(3)13(19)17(4)12(9)18/h1H,6-7H2,2-4H3. The smallest absolute Gasteiger partial charge is 0.280 e. The molecule has 0 N–H and O–H groups in total. The minimum absolute atomic E-state index is 0.340. The van der Waals surface area contributed by atoms with E-state index >= 15 is 0 Å². The first-order chi connectivity index (χ1) is 9.51. The molecule has 0 aliphatic rings. The second-order valence-electron chi connectivity index (χ2n) is 4.20. The van der Waals surface area contributed by atoms with E-state index in [2.05, 4.69) is 15.9 Å². The van der Waals surface area contributed by atoms with Gasteiger partial charge in [-0.05, 0) is 0 Å². The first-order valence-electron chi connectivity index (χ1n) is 6.04. The highest BCUT2D eigenvalue weighted by atomic mass is 32.2.